The molecule has 126 valence electrons. The number of hydrogen-bond donors (Lipinski definition) is 2. The summed E-state index contributed by atoms with van der Waals surface area (Å²) in [5.74, 6) is 1.20. The lowest BCUT2D eigenvalue weighted by molar-refractivity contribution is 0.101. The first-order valence-electron chi connectivity index (χ1n) is 7.80. The first kappa shape index (κ1) is 16.9. The lowest BCUT2D eigenvalue weighted by Crippen LogP contribution is -2.04. The van der Waals surface area contributed by atoms with Gasteiger partial charge in [-0.1, -0.05) is 29.8 Å². The molecule has 2 aromatic carbocycles. The van der Waals surface area contributed by atoms with Crippen LogP contribution in [0.25, 0.3) is 0 Å². The van der Waals surface area contributed by atoms with E-state index in [-0.39, 0.29) is 5.78 Å². The number of anilines is 3. The van der Waals surface area contributed by atoms with Gasteiger partial charge in [0.15, 0.2) is 5.78 Å². The van der Waals surface area contributed by atoms with Crippen molar-refractivity contribution in [1.82, 2.24) is 9.97 Å². The van der Waals surface area contributed by atoms with Crippen LogP contribution in [0.15, 0.2) is 60.8 Å². The molecule has 5 nitrogen and oxygen atoms in total. The highest BCUT2D eigenvalue weighted by Crippen LogP contribution is 2.18. The monoisotopic (exact) mass is 352 g/mol. The van der Waals surface area contributed by atoms with Gasteiger partial charge in [-0.15, -0.1) is 0 Å². The molecule has 6 heteroatoms. The lowest BCUT2D eigenvalue weighted by Gasteiger charge is -2.09. The van der Waals surface area contributed by atoms with Crippen molar-refractivity contribution < 1.29 is 4.79 Å². The molecule has 2 N–H and O–H groups in total. The largest absolute Gasteiger partial charge is 0.366 e. The number of nitrogens with zero attached hydrogens (tertiary/aromatic N) is 2. The van der Waals surface area contributed by atoms with Crippen LogP contribution >= 0.6 is 11.6 Å². The van der Waals surface area contributed by atoms with Crippen molar-refractivity contribution in [3.05, 3.63) is 76.9 Å². The Hall–Kier alpha value is -2.92. The van der Waals surface area contributed by atoms with Gasteiger partial charge in [-0.3, -0.25) is 4.79 Å². The molecule has 0 saturated heterocycles. The predicted molar refractivity (Wildman–Crippen MR) is 101 cm³/mol. The molecular formula is C19H17ClN4O. The topological polar surface area (TPSA) is 66.9 Å². The van der Waals surface area contributed by atoms with Crippen molar-refractivity contribution >= 4 is 34.8 Å². The van der Waals surface area contributed by atoms with E-state index in [1.165, 1.54) is 0 Å². The summed E-state index contributed by atoms with van der Waals surface area (Å²) in [7, 11) is 0. The highest BCUT2D eigenvalue weighted by atomic mass is 35.5. The van der Waals surface area contributed by atoms with Gasteiger partial charge in [-0.05, 0) is 48.9 Å². The van der Waals surface area contributed by atoms with Gasteiger partial charge < -0.3 is 10.6 Å². The molecule has 0 fully saturated rings. The smallest absolute Gasteiger partial charge is 0.229 e. The molecule has 1 aromatic heterocycles. The van der Waals surface area contributed by atoms with Gasteiger partial charge in [0, 0.05) is 29.0 Å². The van der Waals surface area contributed by atoms with E-state index in [2.05, 4.69) is 20.6 Å². The molecule has 0 spiro atoms. The number of ketones is 1. The molecule has 0 radical (unpaired) electrons. The third-order valence-electron chi connectivity index (χ3n) is 3.62. The molecule has 1 heterocycles. The minimum absolute atomic E-state index is 0.0357. The second-order valence-electron chi connectivity index (χ2n) is 5.47. The van der Waals surface area contributed by atoms with Crippen molar-refractivity contribution in [1.29, 1.82) is 0 Å². The van der Waals surface area contributed by atoms with E-state index in [0.717, 1.165) is 11.3 Å². The molecule has 0 unspecified atom stereocenters. The van der Waals surface area contributed by atoms with E-state index in [9.17, 15) is 4.79 Å². The summed E-state index contributed by atoms with van der Waals surface area (Å²) < 4.78 is 0. The summed E-state index contributed by atoms with van der Waals surface area (Å²) in [6.45, 7) is 2.11. The summed E-state index contributed by atoms with van der Waals surface area (Å²) in [5.41, 5.74) is 2.48. The quantitative estimate of drug-likeness (QED) is 0.630. The molecule has 0 aliphatic heterocycles. The van der Waals surface area contributed by atoms with Crippen molar-refractivity contribution in [2.75, 3.05) is 10.6 Å². The van der Waals surface area contributed by atoms with Gasteiger partial charge >= 0.3 is 0 Å². The van der Waals surface area contributed by atoms with Gasteiger partial charge in [0.2, 0.25) is 5.95 Å². The van der Waals surface area contributed by atoms with Crippen LogP contribution in [0, 0.1) is 0 Å². The van der Waals surface area contributed by atoms with E-state index in [4.69, 9.17) is 11.6 Å². The molecule has 0 aliphatic carbocycles. The van der Waals surface area contributed by atoms with Crippen molar-refractivity contribution in [3.8, 4) is 0 Å². The molecular weight excluding hydrogens is 336 g/mol. The number of hydrogen-bond acceptors (Lipinski definition) is 5. The summed E-state index contributed by atoms with van der Waals surface area (Å²) in [5, 5.41) is 7.07. The fourth-order valence-electron chi connectivity index (χ4n) is 2.26. The maximum atomic E-state index is 11.3. The molecule has 0 amide bonds. The number of halogens is 1. The molecule has 3 aromatic rings. The summed E-state index contributed by atoms with van der Waals surface area (Å²) >= 11 is 6.15. The van der Waals surface area contributed by atoms with Crippen LogP contribution in [0.4, 0.5) is 17.5 Å². The zero-order valence-corrected chi connectivity index (χ0v) is 14.4. The number of aromatic nitrogens is 2. The molecule has 25 heavy (non-hydrogen) atoms. The zero-order valence-electron chi connectivity index (χ0n) is 13.7. The Morgan fingerprint density at radius 3 is 2.56 bits per heavy atom. The lowest BCUT2D eigenvalue weighted by atomic mass is 10.1. The van der Waals surface area contributed by atoms with Crippen LogP contribution in [-0.2, 0) is 6.54 Å². The van der Waals surface area contributed by atoms with Gasteiger partial charge in [0.25, 0.3) is 0 Å². The SMILES string of the molecule is CC(=O)c1ccc(Nc2nccc(NCc3ccccc3Cl)n2)cc1. The average molecular weight is 353 g/mol. The first-order valence-corrected chi connectivity index (χ1v) is 8.18. The fraction of sp³-hybridized carbons (Fsp3) is 0.105. The standard InChI is InChI=1S/C19H17ClN4O/c1-13(25)14-6-8-16(9-7-14)23-19-21-11-10-18(24-19)22-12-15-4-2-3-5-17(15)20/h2-11H,12H2,1H3,(H2,21,22,23,24). The van der Waals surface area contributed by atoms with Gasteiger partial charge in [-0.2, -0.15) is 4.98 Å². The maximum Gasteiger partial charge on any atom is 0.229 e. The van der Waals surface area contributed by atoms with Crippen molar-refractivity contribution in [2.45, 2.75) is 13.5 Å². The van der Waals surface area contributed by atoms with Crippen molar-refractivity contribution in [2.24, 2.45) is 0 Å². The Morgan fingerprint density at radius 1 is 1.08 bits per heavy atom. The van der Waals surface area contributed by atoms with Crippen molar-refractivity contribution in [3.63, 3.8) is 0 Å². The number of carbonyl (C=O) groups excluding carboxylic acids is 1. The Morgan fingerprint density at radius 2 is 1.84 bits per heavy atom. The highest BCUT2D eigenvalue weighted by molar-refractivity contribution is 6.31. The zero-order chi connectivity index (χ0) is 17.6. The van der Waals surface area contributed by atoms with E-state index < -0.39 is 0 Å². The molecule has 0 aliphatic rings. The maximum absolute atomic E-state index is 11.3. The van der Waals surface area contributed by atoms with E-state index in [1.54, 1.807) is 31.3 Å². The van der Waals surface area contributed by atoms with Crippen LogP contribution in [0.3, 0.4) is 0 Å². The molecule has 0 atom stereocenters. The van der Waals surface area contributed by atoms with E-state index in [1.807, 2.05) is 36.4 Å². The van der Waals surface area contributed by atoms with Crippen LogP contribution in [-0.4, -0.2) is 15.8 Å². The van der Waals surface area contributed by atoms with Crippen LogP contribution in [0.5, 0.6) is 0 Å². The number of nitrogens with one attached hydrogen (secondary N) is 2. The third kappa shape index (κ3) is 4.55. The Bertz CT molecular complexity index is 881. The third-order valence-corrected chi connectivity index (χ3v) is 3.99. The summed E-state index contributed by atoms with van der Waals surface area (Å²) in [6.07, 6.45) is 1.67. The molecule has 0 bridgehead atoms. The Balaban J connectivity index is 1.67. The predicted octanol–water partition coefficient (Wildman–Crippen LogP) is 4.69. The molecule has 3 rings (SSSR count). The fourth-order valence-corrected chi connectivity index (χ4v) is 2.46. The second-order valence-corrected chi connectivity index (χ2v) is 5.88. The van der Waals surface area contributed by atoms with Crippen LogP contribution in [0.2, 0.25) is 5.02 Å². The minimum Gasteiger partial charge on any atom is -0.366 e. The Labute approximate surface area is 151 Å². The minimum atomic E-state index is 0.0357. The Kier molecular flexibility index (Phi) is 5.26. The number of rotatable bonds is 6. The number of carbonyl (C=O) groups is 1. The normalized spacial score (nSPS) is 10.3. The number of Topliss-reactive ketones (excluding diaryl/α,β-unsaturated/α-hetero) is 1. The van der Waals surface area contributed by atoms with Crippen LogP contribution in [0.1, 0.15) is 22.8 Å². The van der Waals surface area contributed by atoms with Gasteiger partial charge in [0.1, 0.15) is 5.82 Å². The highest BCUT2D eigenvalue weighted by Gasteiger charge is 2.03. The first-order chi connectivity index (χ1) is 12.1. The van der Waals surface area contributed by atoms with E-state index >= 15 is 0 Å². The second kappa shape index (κ2) is 7.77. The summed E-state index contributed by atoms with van der Waals surface area (Å²) in [6, 6.07) is 16.6. The van der Waals surface area contributed by atoms with E-state index in [0.29, 0.717) is 28.9 Å². The summed E-state index contributed by atoms with van der Waals surface area (Å²) in [4.78, 5) is 19.9. The van der Waals surface area contributed by atoms with Gasteiger partial charge in [-0.25, -0.2) is 4.98 Å². The van der Waals surface area contributed by atoms with Gasteiger partial charge in [0.05, 0.1) is 0 Å². The average Bonchev–Trinajstić information content (AvgIpc) is 2.62. The molecule has 0 saturated carbocycles. The van der Waals surface area contributed by atoms with Crippen LogP contribution < -0.4 is 10.6 Å². The number of benzene rings is 2.